The molecule has 1 N–H and O–H groups in total. The van der Waals surface area contributed by atoms with Gasteiger partial charge in [0.2, 0.25) is 5.91 Å². The molecule has 5 heteroatoms. The maximum Gasteiger partial charge on any atom is 0.224 e. The fourth-order valence-electron chi connectivity index (χ4n) is 3.85. The molecule has 3 rings (SSSR count). The van der Waals surface area contributed by atoms with Crippen molar-refractivity contribution in [2.24, 2.45) is 5.92 Å². The van der Waals surface area contributed by atoms with Crippen molar-refractivity contribution in [3.05, 3.63) is 59.1 Å². The highest BCUT2D eigenvalue weighted by atomic mass is 35.5. The molecule has 0 unspecified atom stereocenters. The van der Waals surface area contributed by atoms with Gasteiger partial charge in [-0.2, -0.15) is 0 Å². The number of hydrogen-bond acceptors (Lipinski definition) is 3. The van der Waals surface area contributed by atoms with Crippen LogP contribution in [0.2, 0.25) is 5.02 Å². The molecule has 1 aliphatic rings. The highest BCUT2D eigenvalue weighted by Crippen LogP contribution is 2.28. The number of nitrogens with one attached hydrogen (secondary N) is 1. The number of carbonyl (C=O) groups is 1. The Kier molecular flexibility index (Phi) is 7.75. The van der Waals surface area contributed by atoms with Crippen LogP contribution in [0.1, 0.15) is 31.2 Å². The molecule has 4 nitrogen and oxygen atoms in total. The van der Waals surface area contributed by atoms with Crippen LogP contribution >= 0.6 is 11.6 Å². The summed E-state index contributed by atoms with van der Waals surface area (Å²) in [5, 5.41) is 3.52. The second kappa shape index (κ2) is 10.5. The van der Waals surface area contributed by atoms with E-state index in [1.807, 2.05) is 0 Å². The zero-order chi connectivity index (χ0) is 19.8. The van der Waals surface area contributed by atoms with E-state index in [1.54, 1.807) is 25.3 Å². The number of rotatable bonds is 8. The summed E-state index contributed by atoms with van der Waals surface area (Å²) in [6.45, 7) is 3.34. The molecule has 1 amide bonds. The molecule has 1 heterocycles. The number of carbonyl (C=O) groups excluding carboxylic acids is 1. The van der Waals surface area contributed by atoms with Crippen LogP contribution < -0.4 is 10.1 Å². The number of amides is 1. The first-order valence-electron chi connectivity index (χ1n) is 10.0. The smallest absolute Gasteiger partial charge is 0.224 e. The lowest BCUT2D eigenvalue weighted by molar-refractivity contribution is -0.116. The van der Waals surface area contributed by atoms with E-state index in [9.17, 15) is 4.79 Å². The number of ether oxygens (including phenoxy) is 1. The molecule has 2 aromatic rings. The lowest BCUT2D eigenvalue weighted by atomic mass is 9.93. The SMILES string of the molecule is COc1ccc(Cl)cc1NC(=O)CC[C@@H]1CCCN(CCc2ccccc2)C1. The van der Waals surface area contributed by atoms with Crippen LogP contribution in [0.15, 0.2) is 48.5 Å². The second-order valence-corrected chi connectivity index (χ2v) is 7.91. The number of nitrogens with zero attached hydrogens (tertiary/aromatic N) is 1. The number of hydrogen-bond donors (Lipinski definition) is 1. The summed E-state index contributed by atoms with van der Waals surface area (Å²) < 4.78 is 5.29. The van der Waals surface area contributed by atoms with Crippen LogP contribution in [0, 0.1) is 5.92 Å². The minimum atomic E-state index is 0.0157. The summed E-state index contributed by atoms with van der Waals surface area (Å²) in [4.78, 5) is 14.9. The Morgan fingerprint density at radius 1 is 1.25 bits per heavy atom. The predicted molar refractivity (Wildman–Crippen MR) is 115 cm³/mol. The van der Waals surface area contributed by atoms with Gasteiger partial charge in [0.15, 0.2) is 0 Å². The summed E-state index contributed by atoms with van der Waals surface area (Å²) in [7, 11) is 1.59. The second-order valence-electron chi connectivity index (χ2n) is 7.48. The molecule has 0 spiro atoms. The molecule has 2 aromatic carbocycles. The summed E-state index contributed by atoms with van der Waals surface area (Å²) in [6, 6.07) is 15.9. The monoisotopic (exact) mass is 400 g/mol. The lowest BCUT2D eigenvalue weighted by Gasteiger charge is -2.32. The Morgan fingerprint density at radius 2 is 2.07 bits per heavy atom. The van der Waals surface area contributed by atoms with Gasteiger partial charge in [-0.1, -0.05) is 41.9 Å². The molecule has 150 valence electrons. The van der Waals surface area contributed by atoms with Gasteiger partial charge in [0.05, 0.1) is 12.8 Å². The minimum Gasteiger partial charge on any atom is -0.495 e. The standard InChI is InChI=1S/C23H29ClN2O2/c1-28-22-11-10-20(24)16-21(22)25-23(27)12-9-19-8-5-14-26(17-19)15-13-18-6-3-2-4-7-18/h2-4,6-7,10-11,16,19H,5,8-9,12-15,17H2,1H3,(H,25,27)/t19-/m0/s1. The highest BCUT2D eigenvalue weighted by molar-refractivity contribution is 6.31. The number of piperidine rings is 1. The molecule has 1 fully saturated rings. The van der Waals surface area contributed by atoms with Gasteiger partial charge in [-0.15, -0.1) is 0 Å². The largest absolute Gasteiger partial charge is 0.495 e. The summed E-state index contributed by atoms with van der Waals surface area (Å²) in [6.07, 6.45) is 4.94. The van der Waals surface area contributed by atoms with Crippen molar-refractivity contribution < 1.29 is 9.53 Å². The van der Waals surface area contributed by atoms with E-state index in [-0.39, 0.29) is 5.91 Å². The molecule has 1 saturated heterocycles. The van der Waals surface area contributed by atoms with Gasteiger partial charge < -0.3 is 15.0 Å². The first-order chi connectivity index (χ1) is 13.6. The number of methoxy groups -OCH3 is 1. The van der Waals surface area contributed by atoms with E-state index in [1.165, 1.54) is 18.4 Å². The van der Waals surface area contributed by atoms with Crippen LogP contribution in [0.5, 0.6) is 5.75 Å². The van der Waals surface area contributed by atoms with E-state index in [4.69, 9.17) is 16.3 Å². The van der Waals surface area contributed by atoms with Gasteiger partial charge in [0.25, 0.3) is 0 Å². The Morgan fingerprint density at radius 3 is 2.86 bits per heavy atom. The molecule has 1 aliphatic heterocycles. The van der Waals surface area contributed by atoms with Crippen molar-refractivity contribution in [2.45, 2.75) is 32.1 Å². The number of likely N-dealkylation sites (tertiary alicyclic amines) is 1. The highest BCUT2D eigenvalue weighted by Gasteiger charge is 2.20. The Hall–Kier alpha value is -2.04. The maximum atomic E-state index is 12.4. The average molecular weight is 401 g/mol. The fourth-order valence-corrected chi connectivity index (χ4v) is 4.02. The molecule has 28 heavy (non-hydrogen) atoms. The molecule has 0 saturated carbocycles. The zero-order valence-corrected chi connectivity index (χ0v) is 17.3. The number of halogens is 1. The van der Waals surface area contributed by atoms with Crippen molar-refractivity contribution >= 4 is 23.2 Å². The van der Waals surface area contributed by atoms with Gasteiger partial charge in [-0.3, -0.25) is 4.79 Å². The topological polar surface area (TPSA) is 41.6 Å². The normalized spacial score (nSPS) is 17.3. The van der Waals surface area contributed by atoms with Crippen LogP contribution in [0.4, 0.5) is 5.69 Å². The minimum absolute atomic E-state index is 0.0157. The number of benzene rings is 2. The molecule has 1 atom stereocenters. The molecule has 0 bridgehead atoms. The fraction of sp³-hybridized carbons (Fsp3) is 0.435. The first-order valence-corrected chi connectivity index (χ1v) is 10.4. The Balaban J connectivity index is 1.44. The van der Waals surface area contributed by atoms with Crippen LogP contribution in [-0.2, 0) is 11.2 Å². The van der Waals surface area contributed by atoms with Crippen molar-refractivity contribution in [1.82, 2.24) is 4.90 Å². The zero-order valence-electron chi connectivity index (χ0n) is 16.5. The third-order valence-corrected chi connectivity index (χ3v) is 5.61. The third kappa shape index (κ3) is 6.25. The van der Waals surface area contributed by atoms with Crippen LogP contribution in [-0.4, -0.2) is 37.6 Å². The Labute approximate surface area is 172 Å². The van der Waals surface area contributed by atoms with Gasteiger partial charge in [0.1, 0.15) is 5.75 Å². The maximum absolute atomic E-state index is 12.4. The Bertz CT molecular complexity index is 766. The molecule has 0 aromatic heterocycles. The predicted octanol–water partition coefficient (Wildman–Crippen LogP) is 5.02. The van der Waals surface area contributed by atoms with Gasteiger partial charge in [-0.25, -0.2) is 0 Å². The van der Waals surface area contributed by atoms with E-state index in [0.29, 0.717) is 28.8 Å². The lowest BCUT2D eigenvalue weighted by Crippen LogP contribution is -2.37. The number of anilines is 1. The van der Waals surface area contributed by atoms with Crippen molar-refractivity contribution in [3.8, 4) is 5.75 Å². The quantitative estimate of drug-likeness (QED) is 0.676. The third-order valence-electron chi connectivity index (χ3n) is 5.38. The van der Waals surface area contributed by atoms with E-state index in [2.05, 4.69) is 40.5 Å². The van der Waals surface area contributed by atoms with E-state index >= 15 is 0 Å². The van der Waals surface area contributed by atoms with Gasteiger partial charge in [0, 0.05) is 24.5 Å². The van der Waals surface area contributed by atoms with Crippen LogP contribution in [0.25, 0.3) is 0 Å². The van der Waals surface area contributed by atoms with E-state index in [0.717, 1.165) is 32.5 Å². The first kappa shape index (κ1) is 20.7. The summed E-state index contributed by atoms with van der Waals surface area (Å²) >= 11 is 6.03. The van der Waals surface area contributed by atoms with E-state index < -0.39 is 0 Å². The van der Waals surface area contributed by atoms with Gasteiger partial charge >= 0.3 is 0 Å². The summed E-state index contributed by atoms with van der Waals surface area (Å²) in [5.41, 5.74) is 2.02. The van der Waals surface area contributed by atoms with Crippen molar-refractivity contribution in [3.63, 3.8) is 0 Å². The molecule has 0 aliphatic carbocycles. The van der Waals surface area contributed by atoms with Crippen molar-refractivity contribution in [2.75, 3.05) is 32.1 Å². The molecule has 0 radical (unpaired) electrons. The van der Waals surface area contributed by atoms with Crippen LogP contribution in [0.3, 0.4) is 0 Å². The summed E-state index contributed by atoms with van der Waals surface area (Å²) in [5.74, 6) is 1.22. The molecular formula is C23H29ClN2O2. The van der Waals surface area contributed by atoms with Crippen molar-refractivity contribution in [1.29, 1.82) is 0 Å². The van der Waals surface area contributed by atoms with Gasteiger partial charge in [-0.05, 0) is 61.9 Å². The average Bonchev–Trinajstić information content (AvgIpc) is 2.72. The molecular weight excluding hydrogens is 372 g/mol.